The second kappa shape index (κ2) is 9.45. The Hall–Kier alpha value is -3.02. The zero-order chi connectivity index (χ0) is 20.8. The molecule has 0 spiro atoms. The highest BCUT2D eigenvalue weighted by atomic mass is 16.5. The van der Waals surface area contributed by atoms with Crippen LogP contribution in [0.25, 0.3) is 0 Å². The minimum Gasteiger partial charge on any atom is -0.497 e. The first-order chi connectivity index (χ1) is 14.0. The van der Waals surface area contributed by atoms with Crippen molar-refractivity contribution in [2.24, 2.45) is 0 Å². The van der Waals surface area contributed by atoms with Gasteiger partial charge in [-0.3, -0.25) is 9.59 Å². The van der Waals surface area contributed by atoms with Crippen LogP contribution in [0.15, 0.2) is 48.5 Å². The van der Waals surface area contributed by atoms with Crippen LogP contribution in [0.4, 0.5) is 5.69 Å². The number of nitrogens with zero attached hydrogens (tertiary/aromatic N) is 3. The Balaban J connectivity index is 1.54. The number of benzene rings is 2. The van der Waals surface area contributed by atoms with Gasteiger partial charge in [-0.2, -0.15) is 0 Å². The van der Waals surface area contributed by atoms with Gasteiger partial charge in [-0.05, 0) is 36.8 Å². The molecule has 0 radical (unpaired) electrons. The molecule has 0 saturated carbocycles. The molecule has 2 aromatic rings. The van der Waals surface area contributed by atoms with E-state index in [0.29, 0.717) is 19.6 Å². The summed E-state index contributed by atoms with van der Waals surface area (Å²) in [6.07, 6.45) is 0. The summed E-state index contributed by atoms with van der Waals surface area (Å²) in [7, 11) is 1.66. The second-order valence-electron chi connectivity index (χ2n) is 7.43. The first kappa shape index (κ1) is 20.7. The van der Waals surface area contributed by atoms with Crippen LogP contribution in [0.3, 0.4) is 0 Å². The lowest BCUT2D eigenvalue weighted by Gasteiger charge is -2.37. The molecule has 0 bridgehead atoms. The van der Waals surface area contributed by atoms with Gasteiger partial charge >= 0.3 is 0 Å². The van der Waals surface area contributed by atoms with Gasteiger partial charge < -0.3 is 19.4 Å². The summed E-state index contributed by atoms with van der Waals surface area (Å²) in [6, 6.07) is 16.0. The van der Waals surface area contributed by atoms with E-state index in [1.165, 1.54) is 12.5 Å². The van der Waals surface area contributed by atoms with E-state index in [-0.39, 0.29) is 18.4 Å². The lowest BCUT2D eigenvalue weighted by Crippen LogP contribution is -2.51. The minimum absolute atomic E-state index is 0.00157. The normalized spacial score (nSPS) is 13.9. The topological polar surface area (TPSA) is 53.1 Å². The largest absolute Gasteiger partial charge is 0.497 e. The summed E-state index contributed by atoms with van der Waals surface area (Å²) in [4.78, 5) is 30.6. The molecule has 154 valence electrons. The third-order valence-corrected chi connectivity index (χ3v) is 5.34. The van der Waals surface area contributed by atoms with Crippen molar-refractivity contribution in [3.63, 3.8) is 0 Å². The van der Waals surface area contributed by atoms with Crippen molar-refractivity contribution in [3.05, 3.63) is 59.7 Å². The zero-order valence-electron chi connectivity index (χ0n) is 17.4. The van der Waals surface area contributed by atoms with Gasteiger partial charge in [-0.15, -0.1) is 0 Å². The van der Waals surface area contributed by atoms with Crippen molar-refractivity contribution < 1.29 is 14.3 Å². The molecule has 2 aromatic carbocycles. The van der Waals surface area contributed by atoms with Gasteiger partial charge in [0.2, 0.25) is 11.8 Å². The van der Waals surface area contributed by atoms with E-state index in [9.17, 15) is 9.59 Å². The van der Waals surface area contributed by atoms with Crippen molar-refractivity contribution in [1.82, 2.24) is 9.80 Å². The Morgan fingerprint density at radius 1 is 0.966 bits per heavy atom. The molecule has 1 fully saturated rings. The van der Waals surface area contributed by atoms with E-state index in [1.54, 1.807) is 12.0 Å². The average molecular weight is 396 g/mol. The highest BCUT2D eigenvalue weighted by Crippen LogP contribution is 2.20. The van der Waals surface area contributed by atoms with Gasteiger partial charge in [0.05, 0.1) is 7.11 Å². The molecular weight excluding hydrogens is 366 g/mol. The van der Waals surface area contributed by atoms with E-state index in [4.69, 9.17) is 4.74 Å². The van der Waals surface area contributed by atoms with E-state index in [1.807, 2.05) is 60.4 Å². The van der Waals surface area contributed by atoms with Gasteiger partial charge in [0.25, 0.3) is 0 Å². The van der Waals surface area contributed by atoms with Gasteiger partial charge in [0.1, 0.15) is 12.3 Å². The van der Waals surface area contributed by atoms with Crippen LogP contribution in [-0.2, 0) is 16.1 Å². The fourth-order valence-corrected chi connectivity index (χ4v) is 3.46. The third-order valence-electron chi connectivity index (χ3n) is 5.34. The lowest BCUT2D eigenvalue weighted by atomic mass is 10.1. The number of methoxy groups -OCH3 is 1. The molecule has 1 aliphatic rings. The van der Waals surface area contributed by atoms with Crippen LogP contribution >= 0.6 is 0 Å². The molecule has 29 heavy (non-hydrogen) atoms. The highest BCUT2D eigenvalue weighted by molar-refractivity contribution is 5.84. The Morgan fingerprint density at radius 3 is 2.14 bits per heavy atom. The maximum absolute atomic E-state index is 12.8. The Bertz CT molecular complexity index is 825. The average Bonchev–Trinajstić information content (AvgIpc) is 2.75. The van der Waals surface area contributed by atoms with Crippen molar-refractivity contribution in [2.45, 2.75) is 20.4 Å². The number of anilines is 1. The van der Waals surface area contributed by atoms with Crippen LogP contribution in [0.1, 0.15) is 18.1 Å². The molecule has 3 rings (SSSR count). The van der Waals surface area contributed by atoms with Crippen LogP contribution in [-0.4, -0.2) is 61.4 Å². The third kappa shape index (κ3) is 5.50. The van der Waals surface area contributed by atoms with Crippen molar-refractivity contribution >= 4 is 17.5 Å². The first-order valence-corrected chi connectivity index (χ1v) is 9.94. The molecule has 1 aliphatic heterocycles. The molecular formula is C23H29N3O3. The number of ether oxygens (including phenoxy) is 1. The summed E-state index contributed by atoms with van der Waals surface area (Å²) < 4.78 is 5.21. The summed E-state index contributed by atoms with van der Waals surface area (Å²) >= 11 is 0. The molecule has 1 saturated heterocycles. The smallest absolute Gasteiger partial charge is 0.242 e. The SMILES string of the molecule is COc1ccc(N2CCN(C(=O)CN(Cc3ccc(C)cc3)C(C)=O)CC2)cc1. The molecule has 0 atom stereocenters. The van der Waals surface area contributed by atoms with E-state index in [2.05, 4.69) is 4.90 Å². The maximum Gasteiger partial charge on any atom is 0.242 e. The predicted molar refractivity (Wildman–Crippen MR) is 114 cm³/mol. The van der Waals surface area contributed by atoms with Gasteiger partial charge in [-0.25, -0.2) is 0 Å². The number of rotatable bonds is 6. The molecule has 2 amide bonds. The van der Waals surface area contributed by atoms with Crippen molar-refractivity contribution in [1.29, 1.82) is 0 Å². The molecule has 0 unspecified atom stereocenters. The number of amides is 2. The van der Waals surface area contributed by atoms with Crippen molar-refractivity contribution in [3.8, 4) is 5.75 Å². The van der Waals surface area contributed by atoms with Crippen LogP contribution < -0.4 is 9.64 Å². The fraction of sp³-hybridized carbons (Fsp3) is 0.391. The quantitative estimate of drug-likeness (QED) is 0.755. The summed E-state index contributed by atoms with van der Waals surface area (Å²) in [5.74, 6) is 0.748. The number of hydrogen-bond donors (Lipinski definition) is 0. The van der Waals surface area contributed by atoms with Gasteiger partial charge in [0.15, 0.2) is 0 Å². The van der Waals surface area contributed by atoms with Crippen molar-refractivity contribution in [2.75, 3.05) is 44.7 Å². The fourth-order valence-electron chi connectivity index (χ4n) is 3.46. The Kier molecular flexibility index (Phi) is 6.75. The Morgan fingerprint density at radius 2 is 1.59 bits per heavy atom. The van der Waals surface area contributed by atoms with E-state index >= 15 is 0 Å². The molecule has 6 heteroatoms. The van der Waals surface area contributed by atoms with Crippen LogP contribution in [0.2, 0.25) is 0 Å². The number of carbonyl (C=O) groups excluding carboxylic acids is 2. The van der Waals surface area contributed by atoms with Gasteiger partial charge in [0, 0.05) is 45.3 Å². The zero-order valence-corrected chi connectivity index (χ0v) is 17.4. The number of hydrogen-bond acceptors (Lipinski definition) is 4. The highest BCUT2D eigenvalue weighted by Gasteiger charge is 2.24. The Labute approximate surface area is 172 Å². The number of aryl methyl sites for hydroxylation is 1. The molecule has 0 N–H and O–H groups in total. The maximum atomic E-state index is 12.8. The summed E-state index contributed by atoms with van der Waals surface area (Å²) in [6.45, 7) is 6.97. The van der Waals surface area contributed by atoms with Crippen LogP contribution in [0, 0.1) is 6.92 Å². The van der Waals surface area contributed by atoms with Crippen LogP contribution in [0.5, 0.6) is 5.75 Å². The molecule has 1 heterocycles. The summed E-state index contributed by atoms with van der Waals surface area (Å²) in [5.41, 5.74) is 3.33. The first-order valence-electron chi connectivity index (χ1n) is 9.94. The van der Waals surface area contributed by atoms with E-state index in [0.717, 1.165) is 30.1 Å². The van der Waals surface area contributed by atoms with E-state index < -0.39 is 0 Å². The molecule has 0 aliphatic carbocycles. The monoisotopic (exact) mass is 395 g/mol. The standard InChI is InChI=1S/C23H29N3O3/c1-18-4-6-20(7-5-18)16-26(19(2)27)17-23(28)25-14-12-24(13-15-25)21-8-10-22(29-3)11-9-21/h4-11H,12-17H2,1-3H3. The minimum atomic E-state index is -0.0872. The second-order valence-corrected chi connectivity index (χ2v) is 7.43. The predicted octanol–water partition coefficient (Wildman–Crippen LogP) is 2.70. The molecule has 6 nitrogen and oxygen atoms in total. The molecule has 0 aromatic heterocycles. The van der Waals surface area contributed by atoms with Gasteiger partial charge in [-0.1, -0.05) is 29.8 Å². The summed E-state index contributed by atoms with van der Waals surface area (Å²) in [5, 5.41) is 0. The number of piperazine rings is 1. The number of carbonyl (C=O) groups is 2. The lowest BCUT2D eigenvalue weighted by molar-refractivity contribution is -0.140.